The SMILES string of the molecule is CCNC1CCN(CCOCCOCCOCCNC(=O)C(C)CC)CC1.[HH].[HH]. The van der Waals surface area contributed by atoms with E-state index in [0.29, 0.717) is 45.6 Å². The lowest BCUT2D eigenvalue weighted by Crippen LogP contribution is -2.43. The summed E-state index contributed by atoms with van der Waals surface area (Å²) in [5.74, 6) is 0.162. The van der Waals surface area contributed by atoms with Gasteiger partial charge in [0.25, 0.3) is 0 Å². The summed E-state index contributed by atoms with van der Waals surface area (Å²) < 4.78 is 16.6. The Labute approximate surface area is 168 Å². The summed E-state index contributed by atoms with van der Waals surface area (Å²) in [4.78, 5) is 14.0. The fourth-order valence-electron chi connectivity index (χ4n) is 2.99. The van der Waals surface area contributed by atoms with Crippen LogP contribution in [-0.2, 0) is 19.0 Å². The number of ether oxygens (including phenoxy) is 3. The maximum Gasteiger partial charge on any atom is 0.222 e. The van der Waals surface area contributed by atoms with Gasteiger partial charge in [0.05, 0.1) is 39.6 Å². The number of hydrogen-bond acceptors (Lipinski definition) is 6. The summed E-state index contributed by atoms with van der Waals surface area (Å²) in [6.07, 6.45) is 3.33. The molecule has 1 fully saturated rings. The molecule has 1 unspecified atom stereocenters. The van der Waals surface area contributed by atoms with Crippen LogP contribution in [0.5, 0.6) is 0 Å². The third-order valence-corrected chi connectivity index (χ3v) is 4.98. The number of carbonyl (C=O) groups is 1. The molecule has 0 aliphatic carbocycles. The van der Waals surface area contributed by atoms with Gasteiger partial charge in [0.1, 0.15) is 0 Å². The highest BCUT2D eigenvalue weighted by Gasteiger charge is 2.17. The van der Waals surface area contributed by atoms with Crippen LogP contribution in [0.2, 0.25) is 0 Å². The van der Waals surface area contributed by atoms with Gasteiger partial charge in [0.15, 0.2) is 0 Å². The highest BCUT2D eigenvalue weighted by atomic mass is 16.5. The molecule has 0 bridgehead atoms. The standard InChI is InChI=1S/C20H41N3O4.2H2/c1-4-18(3)20(24)22-8-12-25-14-16-27-17-15-26-13-11-23-9-6-19(7-10-23)21-5-2;;/h18-19,21H,4-17H2,1-3H3,(H,22,24);2*1H. The fraction of sp³-hybridized carbons (Fsp3) is 0.950. The molecular formula is C20H45N3O4. The Kier molecular flexibility index (Phi) is 14.6. The minimum atomic E-state index is 0. The number of amides is 1. The number of piperidine rings is 1. The van der Waals surface area contributed by atoms with Crippen molar-refractivity contribution in [3.05, 3.63) is 0 Å². The largest absolute Gasteiger partial charge is 0.378 e. The molecule has 0 spiro atoms. The van der Waals surface area contributed by atoms with Crippen molar-refractivity contribution in [2.75, 3.05) is 72.4 Å². The summed E-state index contributed by atoms with van der Waals surface area (Å²) in [7, 11) is 0. The van der Waals surface area contributed by atoms with E-state index in [-0.39, 0.29) is 14.7 Å². The van der Waals surface area contributed by atoms with Gasteiger partial charge in [-0.1, -0.05) is 20.8 Å². The first kappa shape index (κ1) is 24.3. The maximum atomic E-state index is 11.6. The Balaban J connectivity index is 0. The van der Waals surface area contributed by atoms with E-state index < -0.39 is 0 Å². The zero-order valence-electron chi connectivity index (χ0n) is 17.6. The number of nitrogens with zero attached hydrogens (tertiary/aromatic N) is 1. The van der Waals surface area contributed by atoms with Gasteiger partial charge in [-0.2, -0.15) is 0 Å². The van der Waals surface area contributed by atoms with Crippen molar-refractivity contribution >= 4 is 5.91 Å². The molecule has 0 aromatic heterocycles. The highest BCUT2D eigenvalue weighted by Crippen LogP contribution is 2.09. The molecule has 1 heterocycles. The zero-order valence-corrected chi connectivity index (χ0v) is 17.6. The molecule has 7 heteroatoms. The van der Waals surface area contributed by atoms with Gasteiger partial charge < -0.3 is 29.7 Å². The summed E-state index contributed by atoms with van der Waals surface area (Å²) in [6, 6.07) is 0.693. The highest BCUT2D eigenvalue weighted by molar-refractivity contribution is 5.78. The molecule has 2 N–H and O–H groups in total. The van der Waals surface area contributed by atoms with Gasteiger partial charge >= 0.3 is 0 Å². The Morgan fingerprint density at radius 1 is 1.04 bits per heavy atom. The van der Waals surface area contributed by atoms with Crippen molar-refractivity contribution in [3.63, 3.8) is 0 Å². The average molecular weight is 392 g/mol. The summed E-state index contributed by atoms with van der Waals surface area (Å²) in [5.41, 5.74) is 0. The van der Waals surface area contributed by atoms with Gasteiger partial charge in [-0.25, -0.2) is 0 Å². The molecule has 164 valence electrons. The Morgan fingerprint density at radius 3 is 2.22 bits per heavy atom. The number of rotatable bonds is 16. The smallest absolute Gasteiger partial charge is 0.222 e. The van der Waals surface area contributed by atoms with Gasteiger partial charge in [0, 0.05) is 27.9 Å². The monoisotopic (exact) mass is 391 g/mol. The molecular weight excluding hydrogens is 346 g/mol. The minimum Gasteiger partial charge on any atom is -0.378 e. The Hall–Kier alpha value is -0.730. The molecule has 0 saturated carbocycles. The van der Waals surface area contributed by atoms with Crippen LogP contribution in [-0.4, -0.2) is 89.2 Å². The predicted octanol–water partition coefficient (Wildman–Crippen LogP) is 1.76. The van der Waals surface area contributed by atoms with Gasteiger partial charge in [-0.05, 0) is 38.9 Å². The van der Waals surface area contributed by atoms with Crippen molar-refractivity contribution < 1.29 is 21.9 Å². The first-order valence-corrected chi connectivity index (χ1v) is 10.6. The van der Waals surface area contributed by atoms with Crippen molar-refractivity contribution in [2.24, 2.45) is 5.92 Å². The summed E-state index contributed by atoms with van der Waals surface area (Å²) in [5, 5.41) is 6.39. The Morgan fingerprint density at radius 2 is 1.63 bits per heavy atom. The molecule has 0 aromatic carbocycles. The molecule has 7 nitrogen and oxygen atoms in total. The van der Waals surface area contributed by atoms with Crippen LogP contribution in [0.15, 0.2) is 0 Å². The van der Waals surface area contributed by atoms with E-state index in [0.717, 1.165) is 39.2 Å². The van der Waals surface area contributed by atoms with Crippen molar-refractivity contribution in [3.8, 4) is 0 Å². The lowest BCUT2D eigenvalue weighted by molar-refractivity contribution is -0.124. The average Bonchev–Trinajstić information content (AvgIpc) is 2.69. The molecule has 1 amide bonds. The van der Waals surface area contributed by atoms with Crippen molar-refractivity contribution in [1.82, 2.24) is 15.5 Å². The van der Waals surface area contributed by atoms with E-state index in [9.17, 15) is 4.79 Å². The molecule has 0 aromatic rings. The quantitative estimate of drug-likeness (QED) is 0.391. The second kappa shape index (κ2) is 16.2. The van der Waals surface area contributed by atoms with Crippen LogP contribution < -0.4 is 10.6 Å². The normalized spacial score (nSPS) is 17.1. The molecule has 1 rings (SSSR count). The fourth-order valence-corrected chi connectivity index (χ4v) is 2.99. The van der Waals surface area contributed by atoms with Crippen molar-refractivity contribution in [2.45, 2.75) is 46.1 Å². The topological polar surface area (TPSA) is 72.1 Å². The molecule has 1 aliphatic heterocycles. The maximum absolute atomic E-state index is 11.6. The van der Waals surface area contributed by atoms with Crippen LogP contribution >= 0.6 is 0 Å². The van der Waals surface area contributed by atoms with Crippen LogP contribution in [0.3, 0.4) is 0 Å². The third-order valence-electron chi connectivity index (χ3n) is 4.98. The molecule has 1 saturated heterocycles. The van der Waals surface area contributed by atoms with E-state index in [1.165, 1.54) is 12.8 Å². The molecule has 1 atom stereocenters. The van der Waals surface area contributed by atoms with E-state index in [1.54, 1.807) is 0 Å². The van der Waals surface area contributed by atoms with E-state index in [2.05, 4.69) is 22.5 Å². The van der Waals surface area contributed by atoms with Crippen molar-refractivity contribution in [1.29, 1.82) is 0 Å². The lowest BCUT2D eigenvalue weighted by Gasteiger charge is -2.32. The third kappa shape index (κ3) is 12.4. The first-order chi connectivity index (χ1) is 13.2. The molecule has 1 aliphatic rings. The zero-order chi connectivity index (χ0) is 19.7. The minimum absolute atomic E-state index is 0. The lowest BCUT2D eigenvalue weighted by atomic mass is 10.1. The van der Waals surface area contributed by atoms with E-state index in [1.807, 2.05) is 13.8 Å². The second-order valence-corrected chi connectivity index (χ2v) is 7.11. The second-order valence-electron chi connectivity index (χ2n) is 7.11. The van der Waals surface area contributed by atoms with Gasteiger partial charge in [0.2, 0.25) is 5.91 Å². The van der Waals surface area contributed by atoms with Crippen LogP contribution in [0.25, 0.3) is 0 Å². The summed E-state index contributed by atoms with van der Waals surface area (Å²) in [6.45, 7) is 14.6. The predicted molar refractivity (Wildman–Crippen MR) is 112 cm³/mol. The Bertz CT molecular complexity index is 374. The summed E-state index contributed by atoms with van der Waals surface area (Å²) >= 11 is 0. The van der Waals surface area contributed by atoms with E-state index in [4.69, 9.17) is 14.2 Å². The van der Waals surface area contributed by atoms with Gasteiger partial charge in [-0.3, -0.25) is 4.79 Å². The van der Waals surface area contributed by atoms with Crippen LogP contribution in [0.4, 0.5) is 0 Å². The van der Waals surface area contributed by atoms with E-state index >= 15 is 0 Å². The van der Waals surface area contributed by atoms with Crippen LogP contribution in [0.1, 0.15) is 42.9 Å². The molecule has 0 radical (unpaired) electrons. The number of nitrogens with one attached hydrogen (secondary N) is 2. The van der Waals surface area contributed by atoms with Crippen LogP contribution in [0, 0.1) is 5.92 Å². The number of carbonyl (C=O) groups excluding carboxylic acids is 1. The first-order valence-electron chi connectivity index (χ1n) is 10.6. The number of hydrogen-bond donors (Lipinski definition) is 2. The molecule has 27 heavy (non-hydrogen) atoms. The number of likely N-dealkylation sites (tertiary alicyclic amines) is 1. The van der Waals surface area contributed by atoms with Gasteiger partial charge in [-0.15, -0.1) is 0 Å².